The van der Waals surface area contributed by atoms with Crippen molar-refractivity contribution in [2.45, 2.75) is 6.61 Å². The summed E-state index contributed by atoms with van der Waals surface area (Å²) in [7, 11) is -9.70. The molecule has 1 aromatic rings. The van der Waals surface area contributed by atoms with Gasteiger partial charge in [-0.15, -0.1) is 0 Å². The zero-order chi connectivity index (χ0) is 13.9. The second-order valence-electron chi connectivity index (χ2n) is 3.42. The molecule has 0 atom stereocenters. The zero-order valence-corrected chi connectivity index (χ0v) is 9.68. The minimum Gasteiger partial charge on any atom is -0.458 e. The van der Waals surface area contributed by atoms with Crippen molar-refractivity contribution in [2.24, 2.45) is 0 Å². The van der Waals surface area contributed by atoms with Gasteiger partial charge in [0.05, 0.1) is 5.41 Å². The first-order valence-corrected chi connectivity index (χ1v) is 6.60. The van der Waals surface area contributed by atoms with Crippen LogP contribution in [0.3, 0.4) is 0 Å². The Morgan fingerprint density at radius 1 is 1.11 bits per heavy atom. The van der Waals surface area contributed by atoms with Crippen LogP contribution in [0.2, 0.25) is 0 Å². The molecule has 0 aliphatic carbocycles. The van der Waals surface area contributed by atoms with Crippen LogP contribution in [-0.4, -0.2) is 5.97 Å². The Balaban J connectivity index is 2.57. The molecule has 0 saturated carbocycles. The molecule has 0 bridgehead atoms. The van der Waals surface area contributed by atoms with Crippen LogP contribution in [0.1, 0.15) is 5.56 Å². The molecular weight excluding hydrogens is 279 g/mol. The number of rotatable bonds is 4. The fourth-order valence-electron chi connectivity index (χ4n) is 0.961. The number of carbonyl (C=O) groups excluding carboxylic acids is 1. The molecule has 8 heteroatoms. The highest BCUT2D eigenvalue weighted by molar-refractivity contribution is 8.48. The van der Waals surface area contributed by atoms with E-state index in [2.05, 4.69) is 4.74 Å². The molecule has 0 amide bonds. The van der Waals surface area contributed by atoms with Gasteiger partial charge in [-0.05, 0) is 5.56 Å². The predicted octanol–water partition coefficient (Wildman–Crippen LogP) is 4.54. The van der Waals surface area contributed by atoms with Crippen LogP contribution < -0.4 is 0 Å². The van der Waals surface area contributed by atoms with Crippen molar-refractivity contribution in [3.05, 3.63) is 47.4 Å². The molecule has 102 valence electrons. The van der Waals surface area contributed by atoms with Crippen molar-refractivity contribution >= 4 is 16.2 Å². The van der Waals surface area contributed by atoms with Gasteiger partial charge >= 0.3 is 16.2 Å². The molecule has 0 fully saturated rings. The number of halogens is 5. The average Bonchev–Trinajstić information content (AvgIpc) is 2.22. The maximum Gasteiger partial charge on any atom is 0.331 e. The molecule has 18 heavy (non-hydrogen) atoms. The molecule has 0 unspecified atom stereocenters. The highest BCUT2D eigenvalue weighted by Crippen LogP contribution is 2.98. The van der Waals surface area contributed by atoms with E-state index < -0.39 is 21.6 Å². The summed E-state index contributed by atoms with van der Waals surface area (Å²) >= 11 is 0. The third-order valence-electron chi connectivity index (χ3n) is 1.69. The Labute approximate surface area is 99.8 Å². The molecule has 1 aromatic carbocycles. The van der Waals surface area contributed by atoms with E-state index in [0.29, 0.717) is 5.56 Å². The van der Waals surface area contributed by atoms with Crippen LogP contribution in [0, 0.1) is 0 Å². The summed E-state index contributed by atoms with van der Waals surface area (Å²) in [4.78, 5) is 10.8. The van der Waals surface area contributed by atoms with Gasteiger partial charge in [-0.25, -0.2) is 4.79 Å². The lowest BCUT2D eigenvalue weighted by molar-refractivity contribution is -0.139. The van der Waals surface area contributed by atoms with Gasteiger partial charge in [-0.3, -0.25) is 0 Å². The average molecular weight is 288 g/mol. The lowest BCUT2D eigenvalue weighted by Crippen LogP contribution is -2.04. The lowest BCUT2D eigenvalue weighted by atomic mass is 10.2. The summed E-state index contributed by atoms with van der Waals surface area (Å²) in [5, 5.41) is -1.33. The number of esters is 1. The number of hydrogen-bond acceptors (Lipinski definition) is 2. The van der Waals surface area contributed by atoms with Crippen LogP contribution in [0.25, 0.3) is 0 Å². The van der Waals surface area contributed by atoms with Gasteiger partial charge in [0.25, 0.3) is 0 Å². The molecule has 0 aromatic heterocycles. The minimum absolute atomic E-state index is 0.287. The molecule has 2 nitrogen and oxygen atoms in total. The first-order chi connectivity index (χ1) is 7.95. The Morgan fingerprint density at radius 3 is 2.17 bits per heavy atom. The number of carbonyl (C=O) groups is 1. The Kier molecular flexibility index (Phi) is 3.20. The normalized spacial score (nSPS) is 16.1. The van der Waals surface area contributed by atoms with Crippen LogP contribution in [-0.2, 0) is 16.1 Å². The molecule has 0 saturated heterocycles. The molecule has 0 radical (unpaired) electrons. The van der Waals surface area contributed by atoms with Gasteiger partial charge in [0.15, 0.2) is 0 Å². The molecule has 0 spiro atoms. The third kappa shape index (κ3) is 6.89. The monoisotopic (exact) mass is 288 g/mol. The van der Waals surface area contributed by atoms with E-state index in [1.165, 1.54) is 0 Å². The Bertz CT molecular complexity index is 465. The maximum atomic E-state index is 11.8. The van der Waals surface area contributed by atoms with Gasteiger partial charge in [-0.2, -0.15) is 0 Å². The summed E-state index contributed by atoms with van der Waals surface area (Å²) in [6.45, 7) is -0.287. The summed E-state index contributed by atoms with van der Waals surface area (Å²) in [5.74, 6) is -1.48. The highest BCUT2D eigenvalue weighted by atomic mass is 32.5. The van der Waals surface area contributed by atoms with Crippen molar-refractivity contribution in [3.63, 3.8) is 0 Å². The second-order valence-corrected chi connectivity index (χ2v) is 5.75. The van der Waals surface area contributed by atoms with Gasteiger partial charge < -0.3 is 4.74 Å². The van der Waals surface area contributed by atoms with Crippen molar-refractivity contribution in [2.75, 3.05) is 0 Å². The maximum absolute atomic E-state index is 11.8. The summed E-state index contributed by atoms with van der Waals surface area (Å²) in [6.07, 6.45) is -0.315. The molecule has 0 N–H and O–H groups in total. The van der Waals surface area contributed by atoms with E-state index in [1.54, 1.807) is 30.3 Å². The number of ether oxygens (including phenoxy) is 1. The smallest absolute Gasteiger partial charge is 0.331 e. The standard InChI is InChI=1S/C10H9F5O2S/c11-18(12,13,14,15)7-6-10(16)17-8-9-4-2-1-3-5-9/h1-7H,8H2/b7-6+. The Hall–Kier alpha value is -1.57. The Morgan fingerprint density at radius 2 is 1.67 bits per heavy atom. The summed E-state index contributed by atoms with van der Waals surface area (Å²) < 4.78 is 63.6. The second kappa shape index (κ2) is 3.98. The topological polar surface area (TPSA) is 26.3 Å². The zero-order valence-electron chi connectivity index (χ0n) is 8.86. The molecular formula is C10H9F5O2S. The van der Waals surface area contributed by atoms with Gasteiger partial charge in [0.1, 0.15) is 6.61 Å². The minimum atomic E-state index is -9.70. The van der Waals surface area contributed by atoms with Crippen molar-refractivity contribution < 1.29 is 29.0 Å². The van der Waals surface area contributed by atoms with E-state index in [4.69, 9.17) is 0 Å². The van der Waals surface area contributed by atoms with E-state index in [1.807, 2.05) is 0 Å². The fraction of sp³-hybridized carbons (Fsp3) is 0.100. The van der Waals surface area contributed by atoms with Crippen LogP contribution >= 0.6 is 10.2 Å². The summed E-state index contributed by atoms with van der Waals surface area (Å²) in [6, 6.07) is 8.10. The first kappa shape index (κ1) is 14.5. The van der Waals surface area contributed by atoms with E-state index in [0.717, 1.165) is 0 Å². The third-order valence-corrected chi connectivity index (χ3v) is 2.34. The van der Waals surface area contributed by atoms with E-state index in [9.17, 15) is 24.2 Å². The molecule has 1 rings (SSSR count). The quantitative estimate of drug-likeness (QED) is 0.462. The fourth-order valence-corrected chi connectivity index (χ4v) is 1.33. The SMILES string of the molecule is O=C(/C=C/S(F)(F)(F)(F)F)OCc1ccccc1. The molecule has 0 aliphatic rings. The highest BCUT2D eigenvalue weighted by Gasteiger charge is 2.60. The van der Waals surface area contributed by atoms with Crippen molar-refractivity contribution in [1.82, 2.24) is 0 Å². The largest absolute Gasteiger partial charge is 0.458 e. The van der Waals surface area contributed by atoms with Crippen LogP contribution in [0.4, 0.5) is 19.4 Å². The van der Waals surface area contributed by atoms with E-state index in [-0.39, 0.29) is 12.7 Å². The molecule has 0 aliphatic heterocycles. The van der Waals surface area contributed by atoms with Crippen LogP contribution in [0.15, 0.2) is 41.8 Å². The number of benzene rings is 1. The summed E-state index contributed by atoms with van der Waals surface area (Å²) in [5.41, 5.74) is 0.534. The van der Waals surface area contributed by atoms with Gasteiger partial charge in [-0.1, -0.05) is 49.8 Å². The number of hydrogen-bond donors (Lipinski definition) is 0. The van der Waals surface area contributed by atoms with Gasteiger partial charge in [0, 0.05) is 6.08 Å². The van der Waals surface area contributed by atoms with Gasteiger partial charge in [0.2, 0.25) is 0 Å². The van der Waals surface area contributed by atoms with E-state index >= 15 is 0 Å². The predicted molar refractivity (Wildman–Crippen MR) is 58.5 cm³/mol. The van der Waals surface area contributed by atoms with Crippen molar-refractivity contribution in [1.29, 1.82) is 0 Å². The molecule has 0 heterocycles. The first-order valence-electron chi connectivity index (χ1n) is 4.59. The van der Waals surface area contributed by atoms with Crippen molar-refractivity contribution in [3.8, 4) is 0 Å². The lowest BCUT2D eigenvalue weighted by Gasteiger charge is -2.36. The van der Waals surface area contributed by atoms with Crippen LogP contribution in [0.5, 0.6) is 0 Å².